The first-order valence-corrected chi connectivity index (χ1v) is 11.8. The number of fused-ring (bicyclic) bond motifs is 3. The number of hydrogen-bond acceptors (Lipinski definition) is 5. The van der Waals surface area contributed by atoms with Crippen molar-refractivity contribution in [2.75, 3.05) is 19.8 Å². The average molecular weight is 465 g/mol. The molecular weight excluding hydrogens is 432 g/mol. The Hall–Kier alpha value is -3.23. The van der Waals surface area contributed by atoms with Crippen LogP contribution in [-0.4, -0.2) is 52.3 Å². The maximum absolute atomic E-state index is 13.8. The number of nitrogens with one attached hydrogen (secondary N) is 1. The molecule has 0 radical (unpaired) electrons. The highest BCUT2D eigenvalue weighted by molar-refractivity contribution is 5.90. The molecule has 0 spiro atoms. The molecule has 1 aliphatic heterocycles. The molecule has 0 saturated carbocycles. The number of para-hydroxylation sites is 2. The maximum atomic E-state index is 13.8. The Morgan fingerprint density at radius 2 is 1.74 bits per heavy atom. The zero-order chi connectivity index (χ0) is 24.1. The fraction of sp³-hybridized carbons (Fsp3) is 0.423. The first-order chi connectivity index (χ1) is 16.5. The minimum absolute atomic E-state index is 0.00909. The number of amides is 2. The first kappa shape index (κ1) is 23.9. The van der Waals surface area contributed by atoms with Crippen molar-refractivity contribution in [3.05, 3.63) is 66.0 Å². The Morgan fingerprint density at radius 3 is 2.44 bits per heavy atom. The van der Waals surface area contributed by atoms with Crippen molar-refractivity contribution in [3.63, 3.8) is 0 Å². The molecule has 1 aliphatic rings. The molecule has 0 bridgehead atoms. The van der Waals surface area contributed by atoms with Crippen molar-refractivity contribution in [1.82, 2.24) is 19.8 Å². The van der Waals surface area contributed by atoms with E-state index in [1.54, 1.807) is 0 Å². The number of carbonyl (C=O) groups is 2. The van der Waals surface area contributed by atoms with Crippen molar-refractivity contribution >= 4 is 22.8 Å². The SMILES string of the molecule is CCOC(CNC(=O)C[C@H]1C(=O)N(Cc2ccccc2)[C@@H](C)c2nc3ccccc3n21)OCC. The summed E-state index contributed by atoms with van der Waals surface area (Å²) < 4.78 is 13.0. The molecule has 0 saturated heterocycles. The zero-order valence-electron chi connectivity index (χ0n) is 19.9. The number of benzene rings is 2. The summed E-state index contributed by atoms with van der Waals surface area (Å²) in [6, 6.07) is 16.7. The van der Waals surface area contributed by atoms with E-state index in [0.29, 0.717) is 19.8 Å². The standard InChI is InChI=1S/C26H32N4O4/c1-4-33-24(34-5-2)16-27-23(31)15-22-26(32)29(17-19-11-7-6-8-12-19)18(3)25-28-20-13-9-10-14-21(20)30(22)25/h6-14,18,22,24H,4-5,15-17H2,1-3H3,(H,27,31)/t18-,22-/m0/s1. The molecule has 0 unspecified atom stereocenters. The minimum atomic E-state index is -0.681. The van der Waals surface area contributed by atoms with Crippen LogP contribution in [0.25, 0.3) is 11.0 Å². The summed E-state index contributed by atoms with van der Waals surface area (Å²) in [5, 5.41) is 2.87. The van der Waals surface area contributed by atoms with E-state index in [2.05, 4.69) is 5.32 Å². The normalized spacial score (nSPS) is 17.9. The number of ether oxygens (including phenoxy) is 2. The van der Waals surface area contributed by atoms with E-state index >= 15 is 0 Å². The topological polar surface area (TPSA) is 85.7 Å². The molecule has 0 fully saturated rings. The Bertz CT molecular complexity index is 1120. The largest absolute Gasteiger partial charge is 0.351 e. The van der Waals surface area contributed by atoms with E-state index in [1.165, 1.54) is 0 Å². The van der Waals surface area contributed by atoms with Gasteiger partial charge in [-0.2, -0.15) is 0 Å². The molecule has 2 amide bonds. The molecule has 8 heteroatoms. The van der Waals surface area contributed by atoms with Crippen LogP contribution in [0.5, 0.6) is 0 Å². The van der Waals surface area contributed by atoms with Crippen LogP contribution in [0, 0.1) is 0 Å². The van der Waals surface area contributed by atoms with Crippen molar-refractivity contribution in [2.24, 2.45) is 0 Å². The number of aromatic nitrogens is 2. The molecule has 2 atom stereocenters. The molecule has 2 heterocycles. The maximum Gasteiger partial charge on any atom is 0.247 e. The lowest BCUT2D eigenvalue weighted by atomic mass is 10.0. The highest BCUT2D eigenvalue weighted by Gasteiger charge is 2.40. The second kappa shape index (κ2) is 10.8. The van der Waals surface area contributed by atoms with Gasteiger partial charge in [-0.05, 0) is 38.5 Å². The summed E-state index contributed by atoms with van der Waals surface area (Å²) in [6.07, 6.45) is -0.505. The summed E-state index contributed by atoms with van der Waals surface area (Å²) in [5.41, 5.74) is 2.71. The van der Waals surface area contributed by atoms with Crippen LogP contribution < -0.4 is 5.32 Å². The van der Waals surface area contributed by atoms with Gasteiger partial charge in [0.25, 0.3) is 0 Å². The van der Waals surface area contributed by atoms with E-state index in [-0.39, 0.29) is 30.8 Å². The van der Waals surface area contributed by atoms with Gasteiger partial charge in [-0.1, -0.05) is 42.5 Å². The summed E-state index contributed by atoms with van der Waals surface area (Å²) in [7, 11) is 0. The predicted molar refractivity (Wildman–Crippen MR) is 129 cm³/mol. The highest BCUT2D eigenvalue weighted by atomic mass is 16.7. The summed E-state index contributed by atoms with van der Waals surface area (Å²) in [4.78, 5) is 33.4. The number of carbonyl (C=O) groups excluding carboxylic acids is 2. The Kier molecular flexibility index (Phi) is 7.59. The lowest BCUT2D eigenvalue weighted by Crippen LogP contribution is -2.46. The molecule has 1 N–H and O–H groups in total. The van der Waals surface area contributed by atoms with Gasteiger partial charge in [0.15, 0.2) is 6.29 Å². The first-order valence-electron chi connectivity index (χ1n) is 11.8. The summed E-state index contributed by atoms with van der Waals surface area (Å²) >= 11 is 0. The van der Waals surface area contributed by atoms with Crippen LogP contribution in [-0.2, 0) is 25.6 Å². The molecule has 180 valence electrons. The third-order valence-corrected chi connectivity index (χ3v) is 6.09. The third kappa shape index (κ3) is 4.98. The number of hydrogen-bond donors (Lipinski definition) is 1. The lowest BCUT2D eigenvalue weighted by molar-refractivity contribution is -0.145. The highest BCUT2D eigenvalue weighted by Crippen LogP contribution is 2.37. The zero-order valence-corrected chi connectivity index (χ0v) is 19.9. The molecule has 1 aromatic heterocycles. The molecule has 4 rings (SSSR count). The van der Waals surface area contributed by atoms with Gasteiger partial charge in [0.1, 0.15) is 11.9 Å². The number of imidazole rings is 1. The van der Waals surface area contributed by atoms with Gasteiger partial charge >= 0.3 is 0 Å². The summed E-state index contributed by atoms with van der Waals surface area (Å²) in [5.74, 6) is 0.463. The predicted octanol–water partition coefficient (Wildman–Crippen LogP) is 3.59. The van der Waals surface area contributed by atoms with E-state index in [9.17, 15) is 9.59 Å². The van der Waals surface area contributed by atoms with Crippen molar-refractivity contribution < 1.29 is 19.1 Å². The van der Waals surface area contributed by atoms with Crippen LogP contribution in [0.3, 0.4) is 0 Å². The molecule has 2 aromatic carbocycles. The van der Waals surface area contributed by atoms with Crippen molar-refractivity contribution in [1.29, 1.82) is 0 Å². The van der Waals surface area contributed by atoms with Gasteiger partial charge in [-0.15, -0.1) is 0 Å². The van der Waals surface area contributed by atoms with E-state index < -0.39 is 12.3 Å². The van der Waals surface area contributed by atoms with Crippen molar-refractivity contribution in [2.45, 2.75) is 52.1 Å². The third-order valence-electron chi connectivity index (χ3n) is 6.09. The minimum Gasteiger partial charge on any atom is -0.351 e. The molecule has 34 heavy (non-hydrogen) atoms. The smallest absolute Gasteiger partial charge is 0.247 e. The van der Waals surface area contributed by atoms with Crippen LogP contribution >= 0.6 is 0 Å². The van der Waals surface area contributed by atoms with E-state index in [1.807, 2.05) is 84.8 Å². The quantitative estimate of drug-likeness (QED) is 0.464. The van der Waals surface area contributed by atoms with Gasteiger partial charge in [0.2, 0.25) is 11.8 Å². The number of nitrogens with zero attached hydrogens (tertiary/aromatic N) is 3. The molecule has 8 nitrogen and oxygen atoms in total. The molecule has 0 aliphatic carbocycles. The summed E-state index contributed by atoms with van der Waals surface area (Å²) in [6.45, 7) is 7.40. The van der Waals surface area contributed by atoms with Crippen molar-refractivity contribution in [3.8, 4) is 0 Å². The van der Waals surface area contributed by atoms with Gasteiger partial charge in [0, 0.05) is 19.8 Å². The van der Waals surface area contributed by atoms with Gasteiger partial charge in [-0.25, -0.2) is 4.98 Å². The Balaban J connectivity index is 1.61. The second-order valence-electron chi connectivity index (χ2n) is 8.32. The van der Waals surface area contributed by atoms with Crippen LogP contribution in [0.2, 0.25) is 0 Å². The second-order valence-corrected chi connectivity index (χ2v) is 8.32. The molecule has 3 aromatic rings. The van der Waals surface area contributed by atoms with E-state index in [0.717, 1.165) is 22.4 Å². The lowest BCUT2D eigenvalue weighted by Gasteiger charge is -2.38. The monoisotopic (exact) mass is 464 g/mol. The van der Waals surface area contributed by atoms with Crippen LogP contribution in [0.15, 0.2) is 54.6 Å². The Morgan fingerprint density at radius 1 is 1.06 bits per heavy atom. The van der Waals surface area contributed by atoms with Crippen LogP contribution in [0.1, 0.15) is 50.7 Å². The van der Waals surface area contributed by atoms with Gasteiger partial charge in [-0.3, -0.25) is 9.59 Å². The fourth-order valence-electron chi connectivity index (χ4n) is 4.47. The van der Waals surface area contributed by atoms with Gasteiger partial charge < -0.3 is 24.3 Å². The number of rotatable bonds is 10. The fourth-order valence-corrected chi connectivity index (χ4v) is 4.47. The van der Waals surface area contributed by atoms with E-state index in [4.69, 9.17) is 14.5 Å². The van der Waals surface area contributed by atoms with Crippen LogP contribution in [0.4, 0.5) is 0 Å². The van der Waals surface area contributed by atoms with Gasteiger partial charge in [0.05, 0.1) is 30.0 Å². The molecular formula is C26H32N4O4. The average Bonchev–Trinajstić information content (AvgIpc) is 3.24. The Labute approximate surface area is 199 Å².